The lowest BCUT2D eigenvalue weighted by atomic mass is 10.1. The smallest absolute Gasteiger partial charge is 0.131 e. The van der Waals surface area contributed by atoms with Crippen LogP contribution in [0.15, 0.2) is 42.5 Å². The molecule has 0 N–H and O–H groups in total. The molecule has 69 valence electrons. The molecule has 0 aromatic heterocycles. The monoisotopic (exact) mass is 189 g/mol. The summed E-state index contributed by atoms with van der Waals surface area (Å²) in [6.45, 7) is 0. The van der Waals surface area contributed by atoms with E-state index in [0.29, 0.717) is 0 Å². The fourth-order valence-corrected chi connectivity index (χ4v) is 1.23. The van der Waals surface area contributed by atoms with Crippen molar-refractivity contribution in [2.24, 2.45) is 0 Å². The molecule has 0 heterocycles. The molecule has 0 fully saturated rings. The molecule has 2 rings (SSSR count). The van der Waals surface area contributed by atoms with Gasteiger partial charge in [0.25, 0.3) is 0 Å². The fraction of sp³-hybridized carbons (Fsp3) is 0. The minimum absolute atomic E-state index is 0.278. The van der Waals surface area contributed by atoms with E-state index in [2.05, 4.69) is 6.07 Å². The standard InChI is InChI=1S/C12H7F2/c13-11-5-1-9(2-6-11)10-3-7-12(14)8-4-10/h1-7H. The molecule has 0 nitrogen and oxygen atoms in total. The lowest BCUT2D eigenvalue weighted by Crippen LogP contribution is -1.80. The Kier molecular flexibility index (Phi) is 2.27. The zero-order valence-electron chi connectivity index (χ0n) is 7.30. The van der Waals surface area contributed by atoms with Crippen LogP contribution in [0, 0.1) is 17.7 Å². The van der Waals surface area contributed by atoms with Gasteiger partial charge in [-0.05, 0) is 35.4 Å². The molecule has 2 aromatic rings. The van der Waals surface area contributed by atoms with Gasteiger partial charge in [-0.15, -0.1) is 0 Å². The number of benzene rings is 2. The quantitative estimate of drug-likeness (QED) is 0.644. The summed E-state index contributed by atoms with van der Waals surface area (Å²) in [7, 11) is 0. The van der Waals surface area contributed by atoms with Gasteiger partial charge >= 0.3 is 0 Å². The summed E-state index contributed by atoms with van der Waals surface area (Å²) >= 11 is 0. The lowest BCUT2D eigenvalue weighted by molar-refractivity contribution is 0.625. The molecule has 0 spiro atoms. The van der Waals surface area contributed by atoms with Crippen molar-refractivity contribution in [3.05, 3.63) is 60.2 Å². The lowest BCUT2D eigenvalue weighted by Gasteiger charge is -2.00. The van der Waals surface area contributed by atoms with Crippen LogP contribution in [0.3, 0.4) is 0 Å². The molecule has 0 bridgehead atoms. The highest BCUT2D eigenvalue weighted by Crippen LogP contribution is 2.19. The van der Waals surface area contributed by atoms with Gasteiger partial charge in [-0.1, -0.05) is 18.2 Å². The summed E-state index contributed by atoms with van der Waals surface area (Å²) in [5.41, 5.74) is 1.68. The van der Waals surface area contributed by atoms with E-state index in [1.165, 1.54) is 18.2 Å². The SMILES string of the molecule is Fc1[c]cc(-c2ccc(F)cc2)cc1. The zero-order chi connectivity index (χ0) is 9.97. The third kappa shape index (κ3) is 1.79. The maximum Gasteiger partial charge on any atom is 0.131 e. The second kappa shape index (κ2) is 3.58. The van der Waals surface area contributed by atoms with E-state index in [1.807, 2.05) is 0 Å². The Morgan fingerprint density at radius 2 is 1.43 bits per heavy atom. The molecule has 14 heavy (non-hydrogen) atoms. The number of hydrogen-bond acceptors (Lipinski definition) is 0. The van der Waals surface area contributed by atoms with Crippen LogP contribution in [0.5, 0.6) is 0 Å². The highest BCUT2D eigenvalue weighted by Gasteiger charge is 1.97. The predicted octanol–water partition coefficient (Wildman–Crippen LogP) is 3.43. The summed E-state index contributed by atoms with van der Waals surface area (Å²) in [5.74, 6) is -0.671. The first-order chi connectivity index (χ1) is 6.75. The van der Waals surface area contributed by atoms with E-state index in [4.69, 9.17) is 0 Å². The van der Waals surface area contributed by atoms with Crippen LogP contribution < -0.4 is 0 Å². The fourth-order valence-electron chi connectivity index (χ4n) is 1.23. The van der Waals surface area contributed by atoms with Crippen LogP contribution in [0.4, 0.5) is 8.78 Å². The van der Waals surface area contributed by atoms with Crippen LogP contribution in [0.2, 0.25) is 0 Å². The largest absolute Gasteiger partial charge is 0.207 e. The van der Waals surface area contributed by atoms with Crippen molar-refractivity contribution in [3.63, 3.8) is 0 Å². The van der Waals surface area contributed by atoms with E-state index in [1.54, 1.807) is 24.3 Å². The van der Waals surface area contributed by atoms with Crippen molar-refractivity contribution >= 4 is 0 Å². The van der Waals surface area contributed by atoms with Gasteiger partial charge in [0.15, 0.2) is 0 Å². The Morgan fingerprint density at radius 3 is 2.00 bits per heavy atom. The van der Waals surface area contributed by atoms with Crippen LogP contribution in [0.25, 0.3) is 11.1 Å². The first-order valence-electron chi connectivity index (χ1n) is 4.19. The molecule has 0 aliphatic carbocycles. The van der Waals surface area contributed by atoms with Crippen LogP contribution in [-0.2, 0) is 0 Å². The Labute approximate surface area is 80.8 Å². The van der Waals surface area contributed by atoms with Gasteiger partial charge in [-0.3, -0.25) is 0 Å². The van der Waals surface area contributed by atoms with Crippen molar-refractivity contribution < 1.29 is 8.78 Å². The molecular weight excluding hydrogens is 182 g/mol. The highest BCUT2D eigenvalue weighted by atomic mass is 19.1. The molecule has 0 unspecified atom stereocenters. The first-order valence-corrected chi connectivity index (χ1v) is 4.19. The van der Waals surface area contributed by atoms with Gasteiger partial charge in [0.1, 0.15) is 11.6 Å². The third-order valence-corrected chi connectivity index (χ3v) is 1.95. The highest BCUT2D eigenvalue weighted by molar-refractivity contribution is 5.62. The van der Waals surface area contributed by atoms with Crippen LogP contribution >= 0.6 is 0 Å². The topological polar surface area (TPSA) is 0 Å². The van der Waals surface area contributed by atoms with Gasteiger partial charge in [0.05, 0.1) is 0 Å². The van der Waals surface area contributed by atoms with Crippen molar-refractivity contribution in [2.45, 2.75) is 0 Å². The van der Waals surface area contributed by atoms with E-state index < -0.39 is 5.82 Å². The molecule has 2 heteroatoms. The Hall–Kier alpha value is -1.70. The average Bonchev–Trinajstić information content (AvgIpc) is 2.21. The van der Waals surface area contributed by atoms with Gasteiger partial charge in [-0.2, -0.15) is 0 Å². The van der Waals surface area contributed by atoms with E-state index in [9.17, 15) is 8.78 Å². The molecule has 0 aliphatic heterocycles. The number of rotatable bonds is 1. The molecule has 0 atom stereocenters. The maximum atomic E-state index is 12.6. The van der Waals surface area contributed by atoms with Crippen LogP contribution in [0.1, 0.15) is 0 Å². The van der Waals surface area contributed by atoms with Gasteiger partial charge < -0.3 is 0 Å². The average molecular weight is 189 g/mol. The second-order valence-electron chi connectivity index (χ2n) is 2.93. The Bertz CT molecular complexity index is 372. The van der Waals surface area contributed by atoms with Gasteiger partial charge in [-0.25, -0.2) is 8.78 Å². The molecule has 0 aliphatic rings. The molecular formula is C12H7F2. The van der Waals surface area contributed by atoms with Crippen LogP contribution in [-0.4, -0.2) is 0 Å². The zero-order valence-corrected chi connectivity index (χ0v) is 7.30. The summed E-state index contributed by atoms with van der Waals surface area (Å²) in [4.78, 5) is 0. The summed E-state index contributed by atoms with van der Waals surface area (Å²) < 4.78 is 25.1. The third-order valence-electron chi connectivity index (χ3n) is 1.95. The summed E-state index contributed by atoms with van der Waals surface area (Å²) in [6, 6.07) is 13.0. The number of hydrogen-bond donors (Lipinski definition) is 0. The van der Waals surface area contributed by atoms with E-state index in [0.717, 1.165) is 11.1 Å². The first kappa shape index (κ1) is 8.88. The Balaban J connectivity index is 2.40. The van der Waals surface area contributed by atoms with E-state index >= 15 is 0 Å². The molecule has 1 radical (unpaired) electrons. The van der Waals surface area contributed by atoms with Crippen molar-refractivity contribution in [1.29, 1.82) is 0 Å². The minimum atomic E-state index is -0.393. The maximum absolute atomic E-state index is 12.6. The van der Waals surface area contributed by atoms with E-state index in [-0.39, 0.29) is 5.82 Å². The van der Waals surface area contributed by atoms with Gasteiger partial charge in [0, 0.05) is 6.07 Å². The van der Waals surface area contributed by atoms with Crippen molar-refractivity contribution in [1.82, 2.24) is 0 Å². The molecule has 2 aromatic carbocycles. The van der Waals surface area contributed by atoms with Crippen molar-refractivity contribution in [2.75, 3.05) is 0 Å². The molecule has 0 saturated heterocycles. The summed E-state index contributed by atoms with van der Waals surface area (Å²) in [6.07, 6.45) is 0. The van der Waals surface area contributed by atoms with Gasteiger partial charge in [0.2, 0.25) is 0 Å². The molecule has 0 amide bonds. The molecule has 0 saturated carbocycles. The van der Waals surface area contributed by atoms with Crippen molar-refractivity contribution in [3.8, 4) is 11.1 Å². The normalized spacial score (nSPS) is 10.1. The predicted molar refractivity (Wildman–Crippen MR) is 50.6 cm³/mol. The summed E-state index contributed by atoms with van der Waals surface area (Å²) in [5, 5.41) is 0. The minimum Gasteiger partial charge on any atom is -0.207 e. The second-order valence-corrected chi connectivity index (χ2v) is 2.93. The Morgan fingerprint density at radius 1 is 0.786 bits per heavy atom. The number of halogens is 2.